The lowest BCUT2D eigenvalue weighted by molar-refractivity contribution is -0.135. The van der Waals surface area contributed by atoms with Gasteiger partial charge in [0.25, 0.3) is 0 Å². The number of piperazine rings is 1. The molecule has 1 fully saturated rings. The third-order valence-electron chi connectivity index (χ3n) is 3.80. The summed E-state index contributed by atoms with van der Waals surface area (Å²) in [6, 6.07) is 5.54. The molecule has 1 aromatic rings. The lowest BCUT2D eigenvalue weighted by atomic mass is 10.2. The molecule has 0 aliphatic carbocycles. The standard InChI is InChI=1S/C16H23N3O3/c1-12-4-5-14(22-3)13(10-12)17-15(20)11-16(21)19-8-6-18(2)7-9-19/h4-5,10H,6-9,11H2,1-3H3,(H,17,20). The number of aryl methyl sites for hydroxylation is 1. The number of likely N-dealkylation sites (N-methyl/N-ethyl adjacent to an activating group) is 1. The van der Waals surface area contributed by atoms with Crippen LogP contribution in [0, 0.1) is 6.92 Å². The Morgan fingerprint density at radius 3 is 2.55 bits per heavy atom. The number of benzene rings is 1. The molecule has 22 heavy (non-hydrogen) atoms. The van der Waals surface area contributed by atoms with E-state index in [2.05, 4.69) is 10.2 Å². The molecule has 0 atom stereocenters. The number of rotatable bonds is 4. The van der Waals surface area contributed by atoms with Crippen LogP contribution in [0.2, 0.25) is 0 Å². The van der Waals surface area contributed by atoms with Crippen molar-refractivity contribution in [3.8, 4) is 5.75 Å². The van der Waals surface area contributed by atoms with E-state index in [0.29, 0.717) is 24.5 Å². The molecule has 0 bridgehead atoms. The van der Waals surface area contributed by atoms with E-state index in [-0.39, 0.29) is 18.2 Å². The molecule has 0 spiro atoms. The summed E-state index contributed by atoms with van der Waals surface area (Å²) in [5.74, 6) is 0.149. The van der Waals surface area contributed by atoms with Gasteiger partial charge in [0.1, 0.15) is 12.2 Å². The highest BCUT2D eigenvalue weighted by Gasteiger charge is 2.21. The quantitative estimate of drug-likeness (QED) is 0.847. The Labute approximate surface area is 131 Å². The van der Waals surface area contributed by atoms with E-state index in [4.69, 9.17) is 4.74 Å². The van der Waals surface area contributed by atoms with Gasteiger partial charge in [0.15, 0.2) is 0 Å². The van der Waals surface area contributed by atoms with Crippen molar-refractivity contribution in [2.24, 2.45) is 0 Å². The number of nitrogens with zero attached hydrogens (tertiary/aromatic N) is 2. The molecule has 1 aromatic carbocycles. The highest BCUT2D eigenvalue weighted by Crippen LogP contribution is 2.25. The van der Waals surface area contributed by atoms with Gasteiger partial charge in [0, 0.05) is 26.2 Å². The summed E-state index contributed by atoms with van der Waals surface area (Å²) in [6.45, 7) is 4.98. The van der Waals surface area contributed by atoms with E-state index in [1.807, 2.05) is 26.1 Å². The van der Waals surface area contributed by atoms with Gasteiger partial charge in [-0.2, -0.15) is 0 Å². The largest absolute Gasteiger partial charge is 0.495 e. The summed E-state index contributed by atoms with van der Waals surface area (Å²) in [5, 5.41) is 2.76. The summed E-state index contributed by atoms with van der Waals surface area (Å²) in [5.41, 5.74) is 1.61. The Balaban J connectivity index is 1.92. The van der Waals surface area contributed by atoms with Crippen LogP contribution < -0.4 is 10.1 Å². The Morgan fingerprint density at radius 1 is 1.23 bits per heavy atom. The maximum absolute atomic E-state index is 12.1. The van der Waals surface area contributed by atoms with Gasteiger partial charge in [0.05, 0.1) is 12.8 Å². The number of amides is 2. The zero-order valence-electron chi connectivity index (χ0n) is 13.4. The van der Waals surface area contributed by atoms with Crippen LogP contribution in [0.4, 0.5) is 5.69 Å². The van der Waals surface area contributed by atoms with E-state index in [0.717, 1.165) is 18.7 Å². The van der Waals surface area contributed by atoms with Gasteiger partial charge in [-0.05, 0) is 31.7 Å². The monoisotopic (exact) mass is 305 g/mol. The van der Waals surface area contributed by atoms with Crippen LogP contribution >= 0.6 is 0 Å². The van der Waals surface area contributed by atoms with Gasteiger partial charge in [-0.25, -0.2) is 0 Å². The maximum atomic E-state index is 12.1. The molecule has 1 aliphatic rings. The van der Waals surface area contributed by atoms with Gasteiger partial charge in [0.2, 0.25) is 11.8 Å². The average Bonchev–Trinajstić information content (AvgIpc) is 2.48. The van der Waals surface area contributed by atoms with Gasteiger partial charge in [-0.15, -0.1) is 0 Å². The lowest BCUT2D eigenvalue weighted by Gasteiger charge is -2.32. The van der Waals surface area contributed by atoms with Crippen LogP contribution in [0.15, 0.2) is 18.2 Å². The first kappa shape index (κ1) is 16.3. The van der Waals surface area contributed by atoms with Crippen molar-refractivity contribution in [1.29, 1.82) is 0 Å². The molecule has 6 heteroatoms. The third-order valence-corrected chi connectivity index (χ3v) is 3.80. The van der Waals surface area contributed by atoms with Crippen molar-refractivity contribution in [2.75, 3.05) is 45.7 Å². The van der Waals surface area contributed by atoms with Crippen molar-refractivity contribution in [1.82, 2.24) is 9.80 Å². The van der Waals surface area contributed by atoms with E-state index in [1.165, 1.54) is 0 Å². The summed E-state index contributed by atoms with van der Waals surface area (Å²) in [7, 11) is 3.58. The number of nitrogens with one attached hydrogen (secondary N) is 1. The molecule has 1 aliphatic heterocycles. The lowest BCUT2D eigenvalue weighted by Crippen LogP contribution is -2.47. The van der Waals surface area contributed by atoms with Gasteiger partial charge >= 0.3 is 0 Å². The van der Waals surface area contributed by atoms with E-state index >= 15 is 0 Å². The summed E-state index contributed by atoms with van der Waals surface area (Å²) < 4.78 is 5.22. The fraction of sp³-hybridized carbons (Fsp3) is 0.500. The smallest absolute Gasteiger partial charge is 0.233 e. The summed E-state index contributed by atoms with van der Waals surface area (Å²) in [4.78, 5) is 28.1. The number of carbonyl (C=O) groups is 2. The number of hydrogen-bond donors (Lipinski definition) is 1. The predicted molar refractivity (Wildman–Crippen MR) is 85.1 cm³/mol. The first-order valence-corrected chi connectivity index (χ1v) is 7.40. The highest BCUT2D eigenvalue weighted by atomic mass is 16.5. The van der Waals surface area contributed by atoms with Crippen molar-refractivity contribution in [2.45, 2.75) is 13.3 Å². The second kappa shape index (κ2) is 7.26. The normalized spacial score (nSPS) is 15.5. The number of methoxy groups -OCH3 is 1. The molecular weight excluding hydrogens is 282 g/mol. The minimum Gasteiger partial charge on any atom is -0.495 e. The SMILES string of the molecule is COc1ccc(C)cc1NC(=O)CC(=O)N1CCN(C)CC1. The second-order valence-electron chi connectivity index (χ2n) is 5.61. The molecule has 0 unspecified atom stereocenters. The fourth-order valence-corrected chi connectivity index (χ4v) is 2.42. The number of ether oxygens (including phenoxy) is 1. The van der Waals surface area contributed by atoms with Gasteiger partial charge < -0.3 is 19.9 Å². The van der Waals surface area contributed by atoms with Crippen LogP contribution in [-0.4, -0.2) is 62.0 Å². The minimum absolute atomic E-state index is 0.128. The second-order valence-corrected chi connectivity index (χ2v) is 5.61. The van der Waals surface area contributed by atoms with Crippen LogP contribution in [0.1, 0.15) is 12.0 Å². The van der Waals surface area contributed by atoms with E-state index in [9.17, 15) is 9.59 Å². The Bertz CT molecular complexity index is 552. The molecule has 6 nitrogen and oxygen atoms in total. The Hall–Kier alpha value is -2.08. The van der Waals surface area contributed by atoms with Crippen LogP contribution in [0.5, 0.6) is 5.75 Å². The molecule has 0 aromatic heterocycles. The molecule has 2 rings (SSSR count). The van der Waals surface area contributed by atoms with Crippen molar-refractivity contribution < 1.29 is 14.3 Å². The number of anilines is 1. The zero-order chi connectivity index (χ0) is 16.1. The first-order chi connectivity index (χ1) is 10.5. The van der Waals surface area contributed by atoms with Crippen molar-refractivity contribution in [3.63, 3.8) is 0 Å². The minimum atomic E-state index is -0.312. The van der Waals surface area contributed by atoms with Crippen LogP contribution in [0.25, 0.3) is 0 Å². The molecule has 120 valence electrons. The van der Waals surface area contributed by atoms with E-state index in [1.54, 1.807) is 18.1 Å². The molecule has 0 saturated carbocycles. The summed E-state index contributed by atoms with van der Waals surface area (Å²) >= 11 is 0. The Kier molecular flexibility index (Phi) is 5.38. The molecule has 1 N–H and O–H groups in total. The Morgan fingerprint density at radius 2 is 1.91 bits per heavy atom. The highest BCUT2D eigenvalue weighted by molar-refractivity contribution is 6.04. The number of hydrogen-bond acceptors (Lipinski definition) is 4. The van der Waals surface area contributed by atoms with Crippen LogP contribution in [-0.2, 0) is 9.59 Å². The molecule has 1 saturated heterocycles. The summed E-state index contributed by atoms with van der Waals surface area (Å²) in [6.07, 6.45) is -0.138. The topological polar surface area (TPSA) is 61.9 Å². The zero-order valence-corrected chi connectivity index (χ0v) is 13.4. The predicted octanol–water partition coefficient (Wildman–Crippen LogP) is 1.11. The molecule has 1 heterocycles. The molecule has 0 radical (unpaired) electrons. The number of carbonyl (C=O) groups excluding carboxylic acids is 2. The van der Waals surface area contributed by atoms with Crippen molar-refractivity contribution in [3.05, 3.63) is 23.8 Å². The fourth-order valence-electron chi connectivity index (χ4n) is 2.42. The van der Waals surface area contributed by atoms with Gasteiger partial charge in [-0.1, -0.05) is 6.07 Å². The average molecular weight is 305 g/mol. The van der Waals surface area contributed by atoms with Crippen LogP contribution in [0.3, 0.4) is 0 Å². The first-order valence-electron chi connectivity index (χ1n) is 7.40. The van der Waals surface area contributed by atoms with Crippen molar-refractivity contribution >= 4 is 17.5 Å². The molecule has 2 amide bonds. The third kappa shape index (κ3) is 4.21. The molecular formula is C16H23N3O3. The van der Waals surface area contributed by atoms with E-state index < -0.39 is 0 Å². The van der Waals surface area contributed by atoms with Gasteiger partial charge in [-0.3, -0.25) is 9.59 Å². The maximum Gasteiger partial charge on any atom is 0.233 e.